The lowest BCUT2D eigenvalue weighted by Crippen LogP contribution is -2.44. The summed E-state index contributed by atoms with van der Waals surface area (Å²) in [7, 11) is 0. The molecule has 2 aliphatic rings. The van der Waals surface area contributed by atoms with Gasteiger partial charge in [0.15, 0.2) is 0 Å². The Labute approximate surface area is 143 Å². The topological polar surface area (TPSA) is 53.5 Å². The molecule has 0 bridgehead atoms. The predicted octanol–water partition coefficient (Wildman–Crippen LogP) is 2.39. The van der Waals surface area contributed by atoms with Crippen LogP contribution in [0.4, 0.5) is 0 Å². The first-order chi connectivity index (χ1) is 11.6. The largest absolute Gasteiger partial charge is 0.343 e. The third kappa shape index (κ3) is 3.66. The summed E-state index contributed by atoms with van der Waals surface area (Å²) in [5.74, 6) is 0.445. The first kappa shape index (κ1) is 16.7. The summed E-state index contributed by atoms with van der Waals surface area (Å²) in [6.45, 7) is 6.68. The van der Waals surface area contributed by atoms with E-state index in [9.17, 15) is 9.59 Å². The van der Waals surface area contributed by atoms with Crippen molar-refractivity contribution in [1.29, 1.82) is 0 Å². The molecule has 5 nitrogen and oxygen atoms in total. The highest BCUT2D eigenvalue weighted by Gasteiger charge is 2.45. The minimum absolute atomic E-state index is 0.0549. The van der Waals surface area contributed by atoms with E-state index in [4.69, 9.17) is 0 Å². The van der Waals surface area contributed by atoms with Gasteiger partial charge in [0, 0.05) is 56.8 Å². The number of carbonyl (C=O) groups excluding carboxylic acids is 2. The molecule has 0 aromatic carbocycles. The Kier molecular flexibility index (Phi) is 4.97. The maximum atomic E-state index is 12.4. The number of allylic oxidation sites excluding steroid dienone is 1. The fourth-order valence-electron chi connectivity index (χ4n) is 3.78. The molecule has 1 spiro atoms. The molecule has 1 aromatic rings. The lowest BCUT2D eigenvalue weighted by atomic mass is 9.77. The lowest BCUT2D eigenvalue weighted by Gasteiger charge is -2.38. The Morgan fingerprint density at radius 3 is 2.67 bits per heavy atom. The number of pyridine rings is 1. The van der Waals surface area contributed by atoms with Gasteiger partial charge < -0.3 is 9.80 Å². The maximum Gasteiger partial charge on any atom is 0.223 e. The van der Waals surface area contributed by atoms with Gasteiger partial charge >= 0.3 is 0 Å². The van der Waals surface area contributed by atoms with Crippen LogP contribution >= 0.6 is 0 Å². The van der Waals surface area contributed by atoms with Gasteiger partial charge in [-0.05, 0) is 37.0 Å². The van der Waals surface area contributed by atoms with Gasteiger partial charge in [0.2, 0.25) is 11.8 Å². The Morgan fingerprint density at radius 1 is 1.29 bits per heavy atom. The predicted molar refractivity (Wildman–Crippen MR) is 91.9 cm³/mol. The molecule has 0 unspecified atom stereocenters. The van der Waals surface area contributed by atoms with E-state index in [0.717, 1.165) is 44.5 Å². The van der Waals surface area contributed by atoms with E-state index in [-0.39, 0.29) is 17.2 Å². The van der Waals surface area contributed by atoms with E-state index in [1.165, 1.54) is 0 Å². The molecule has 5 heteroatoms. The van der Waals surface area contributed by atoms with Crippen LogP contribution in [-0.4, -0.2) is 46.2 Å². The molecule has 0 N–H and O–H groups in total. The zero-order valence-corrected chi connectivity index (χ0v) is 14.1. The Morgan fingerprint density at radius 2 is 2.00 bits per heavy atom. The normalized spacial score (nSPS) is 19.8. The van der Waals surface area contributed by atoms with Gasteiger partial charge in [-0.15, -0.1) is 6.58 Å². The summed E-state index contributed by atoms with van der Waals surface area (Å²) in [6, 6.07) is 3.91. The van der Waals surface area contributed by atoms with Gasteiger partial charge in [0.25, 0.3) is 0 Å². The van der Waals surface area contributed by atoms with E-state index < -0.39 is 0 Å². The first-order valence-corrected chi connectivity index (χ1v) is 8.67. The quantitative estimate of drug-likeness (QED) is 0.780. The molecule has 2 amide bonds. The van der Waals surface area contributed by atoms with Crippen LogP contribution in [-0.2, 0) is 16.1 Å². The van der Waals surface area contributed by atoms with E-state index in [2.05, 4.69) is 11.6 Å². The number of aromatic nitrogens is 1. The highest BCUT2D eigenvalue weighted by atomic mass is 16.2. The standard InChI is InChI=1S/C19H25N3O2/c1-2-3-4-17(23)21-11-7-19(8-12-21)13-18(24)22(15-19)14-16-5-9-20-10-6-16/h2,5-6,9-10H,1,3-4,7-8,11-15H2. The fraction of sp³-hybridized carbons (Fsp3) is 0.526. The van der Waals surface area contributed by atoms with Crippen molar-refractivity contribution < 1.29 is 9.59 Å². The van der Waals surface area contributed by atoms with Crippen molar-refractivity contribution in [2.75, 3.05) is 19.6 Å². The maximum absolute atomic E-state index is 12.4. The third-order valence-corrected chi connectivity index (χ3v) is 5.27. The molecule has 0 aliphatic carbocycles. The van der Waals surface area contributed by atoms with E-state index >= 15 is 0 Å². The summed E-state index contributed by atoms with van der Waals surface area (Å²) in [5.41, 5.74) is 1.17. The monoisotopic (exact) mass is 327 g/mol. The van der Waals surface area contributed by atoms with Crippen LogP contribution < -0.4 is 0 Å². The highest BCUT2D eigenvalue weighted by Crippen LogP contribution is 2.41. The highest BCUT2D eigenvalue weighted by molar-refractivity contribution is 5.80. The number of rotatable bonds is 5. The van der Waals surface area contributed by atoms with E-state index in [1.54, 1.807) is 18.5 Å². The van der Waals surface area contributed by atoms with Crippen molar-refractivity contribution in [3.8, 4) is 0 Å². The molecule has 3 rings (SSSR count). The molecule has 0 saturated carbocycles. The van der Waals surface area contributed by atoms with Crippen molar-refractivity contribution in [2.24, 2.45) is 5.41 Å². The molecule has 3 heterocycles. The summed E-state index contributed by atoms with van der Waals surface area (Å²) in [5, 5.41) is 0. The number of nitrogens with zero attached hydrogens (tertiary/aromatic N) is 3. The minimum atomic E-state index is 0.0549. The van der Waals surface area contributed by atoms with E-state index in [1.807, 2.05) is 21.9 Å². The summed E-state index contributed by atoms with van der Waals surface area (Å²) < 4.78 is 0. The van der Waals surface area contributed by atoms with Crippen LogP contribution in [0, 0.1) is 5.41 Å². The fourth-order valence-corrected chi connectivity index (χ4v) is 3.78. The van der Waals surface area contributed by atoms with Gasteiger partial charge in [-0.25, -0.2) is 0 Å². The van der Waals surface area contributed by atoms with Crippen LogP contribution in [0.25, 0.3) is 0 Å². The summed E-state index contributed by atoms with van der Waals surface area (Å²) in [4.78, 5) is 32.5. The van der Waals surface area contributed by atoms with Crippen molar-refractivity contribution >= 4 is 11.8 Å². The summed E-state index contributed by atoms with van der Waals surface area (Å²) in [6.07, 6.45) is 9.06. The van der Waals surface area contributed by atoms with Crippen molar-refractivity contribution in [2.45, 2.75) is 38.6 Å². The van der Waals surface area contributed by atoms with Crippen LogP contribution in [0.5, 0.6) is 0 Å². The first-order valence-electron chi connectivity index (χ1n) is 8.67. The second kappa shape index (κ2) is 7.16. The van der Waals surface area contributed by atoms with Gasteiger partial charge in [-0.3, -0.25) is 14.6 Å². The molecule has 2 aliphatic heterocycles. The smallest absolute Gasteiger partial charge is 0.223 e. The van der Waals surface area contributed by atoms with Gasteiger partial charge in [0.1, 0.15) is 0 Å². The number of hydrogen-bond donors (Lipinski definition) is 0. The zero-order valence-electron chi connectivity index (χ0n) is 14.1. The molecular formula is C19H25N3O2. The number of piperidine rings is 1. The second-order valence-corrected chi connectivity index (χ2v) is 6.99. The van der Waals surface area contributed by atoms with Gasteiger partial charge in [-0.2, -0.15) is 0 Å². The molecule has 0 atom stereocenters. The third-order valence-electron chi connectivity index (χ3n) is 5.27. The SMILES string of the molecule is C=CCCC(=O)N1CCC2(CC1)CC(=O)N(Cc1ccncc1)C2. The molecule has 24 heavy (non-hydrogen) atoms. The number of hydrogen-bond acceptors (Lipinski definition) is 3. The zero-order chi connectivity index (χ0) is 17.0. The van der Waals surface area contributed by atoms with E-state index in [0.29, 0.717) is 19.4 Å². The molecule has 128 valence electrons. The second-order valence-electron chi connectivity index (χ2n) is 6.99. The molecule has 0 radical (unpaired) electrons. The average molecular weight is 327 g/mol. The van der Waals surface area contributed by atoms with Crippen molar-refractivity contribution in [3.63, 3.8) is 0 Å². The van der Waals surface area contributed by atoms with Crippen molar-refractivity contribution in [1.82, 2.24) is 14.8 Å². The Balaban J connectivity index is 1.56. The molecule has 2 saturated heterocycles. The van der Waals surface area contributed by atoms with Crippen LogP contribution in [0.3, 0.4) is 0 Å². The number of amides is 2. The lowest BCUT2D eigenvalue weighted by molar-refractivity contribution is -0.133. The average Bonchev–Trinajstić information content (AvgIpc) is 2.89. The molecule has 1 aromatic heterocycles. The Hall–Kier alpha value is -2.17. The minimum Gasteiger partial charge on any atom is -0.343 e. The molecule has 2 fully saturated rings. The van der Waals surface area contributed by atoms with Gasteiger partial charge in [0.05, 0.1) is 0 Å². The van der Waals surface area contributed by atoms with Gasteiger partial charge in [-0.1, -0.05) is 6.08 Å². The van der Waals surface area contributed by atoms with Crippen LogP contribution in [0.1, 0.15) is 37.7 Å². The van der Waals surface area contributed by atoms with Crippen LogP contribution in [0.2, 0.25) is 0 Å². The molecular weight excluding hydrogens is 302 g/mol. The number of carbonyl (C=O) groups is 2. The summed E-state index contributed by atoms with van der Waals surface area (Å²) >= 11 is 0. The van der Waals surface area contributed by atoms with Crippen molar-refractivity contribution in [3.05, 3.63) is 42.7 Å². The Bertz CT molecular complexity index is 606. The number of likely N-dealkylation sites (tertiary alicyclic amines) is 2. The van der Waals surface area contributed by atoms with Crippen LogP contribution in [0.15, 0.2) is 37.2 Å².